The molecule has 1 aliphatic heterocycles. The standard InChI is InChI=1S/C13H14N2O3/c1-17-11(14)10-7-8-18-13(10)15-12(16)9-5-3-2-4-6-9/h2-6H,7-8,14H2,1H3/b11-10+,15-13?. The molecule has 94 valence electrons. The molecule has 5 heteroatoms. The van der Waals surface area contributed by atoms with Crippen LogP contribution in [0.3, 0.4) is 0 Å². The highest BCUT2D eigenvalue weighted by Crippen LogP contribution is 2.18. The Balaban J connectivity index is 2.26. The van der Waals surface area contributed by atoms with E-state index in [0.29, 0.717) is 24.2 Å². The summed E-state index contributed by atoms with van der Waals surface area (Å²) in [5, 5.41) is 0. The first-order chi connectivity index (χ1) is 8.72. The van der Waals surface area contributed by atoms with Crippen LogP contribution >= 0.6 is 0 Å². The molecule has 0 aromatic heterocycles. The Morgan fingerprint density at radius 2 is 2.11 bits per heavy atom. The minimum Gasteiger partial charge on any atom is -0.482 e. The van der Waals surface area contributed by atoms with Crippen molar-refractivity contribution in [1.82, 2.24) is 0 Å². The molecule has 0 saturated carbocycles. The second kappa shape index (κ2) is 5.35. The van der Waals surface area contributed by atoms with Crippen LogP contribution in [-0.4, -0.2) is 25.5 Å². The van der Waals surface area contributed by atoms with Gasteiger partial charge in [0.05, 0.1) is 19.3 Å². The number of amides is 1. The van der Waals surface area contributed by atoms with Crippen molar-refractivity contribution in [2.75, 3.05) is 13.7 Å². The summed E-state index contributed by atoms with van der Waals surface area (Å²) in [6, 6.07) is 8.80. The highest BCUT2D eigenvalue weighted by Gasteiger charge is 2.22. The van der Waals surface area contributed by atoms with Gasteiger partial charge < -0.3 is 15.2 Å². The van der Waals surface area contributed by atoms with Crippen LogP contribution in [-0.2, 0) is 9.47 Å². The van der Waals surface area contributed by atoms with Gasteiger partial charge in [-0.25, -0.2) is 0 Å². The maximum absolute atomic E-state index is 11.9. The number of rotatable bonds is 2. The van der Waals surface area contributed by atoms with E-state index in [4.69, 9.17) is 15.2 Å². The number of nitrogens with two attached hydrogens (primary N) is 1. The Kier molecular flexibility index (Phi) is 3.62. The van der Waals surface area contributed by atoms with E-state index in [1.54, 1.807) is 24.3 Å². The van der Waals surface area contributed by atoms with E-state index in [1.807, 2.05) is 6.07 Å². The van der Waals surface area contributed by atoms with E-state index in [2.05, 4.69) is 4.99 Å². The quantitative estimate of drug-likeness (QED) is 0.802. The molecular formula is C13H14N2O3. The van der Waals surface area contributed by atoms with Crippen LogP contribution in [0, 0.1) is 0 Å². The lowest BCUT2D eigenvalue weighted by atomic mass is 10.2. The summed E-state index contributed by atoms with van der Waals surface area (Å²) in [5.41, 5.74) is 6.82. The Morgan fingerprint density at radius 3 is 2.78 bits per heavy atom. The second-order valence-corrected chi connectivity index (χ2v) is 3.73. The first kappa shape index (κ1) is 12.2. The van der Waals surface area contributed by atoms with Crippen LogP contribution in [0.1, 0.15) is 16.8 Å². The average molecular weight is 246 g/mol. The van der Waals surface area contributed by atoms with Crippen LogP contribution in [0.5, 0.6) is 0 Å². The van der Waals surface area contributed by atoms with Crippen molar-refractivity contribution in [3.8, 4) is 0 Å². The van der Waals surface area contributed by atoms with Gasteiger partial charge in [0.1, 0.15) is 0 Å². The summed E-state index contributed by atoms with van der Waals surface area (Å²) in [6.07, 6.45) is 0.598. The molecule has 2 N–H and O–H groups in total. The summed E-state index contributed by atoms with van der Waals surface area (Å²) < 4.78 is 10.2. The fourth-order valence-corrected chi connectivity index (χ4v) is 1.63. The molecule has 0 bridgehead atoms. The topological polar surface area (TPSA) is 73.9 Å². The zero-order valence-corrected chi connectivity index (χ0v) is 10.1. The first-order valence-electron chi connectivity index (χ1n) is 5.56. The number of carbonyl (C=O) groups excluding carboxylic acids is 1. The summed E-state index contributed by atoms with van der Waals surface area (Å²) >= 11 is 0. The molecule has 2 rings (SSSR count). The van der Waals surface area contributed by atoms with E-state index >= 15 is 0 Å². The van der Waals surface area contributed by atoms with Gasteiger partial charge in [-0.3, -0.25) is 4.79 Å². The van der Waals surface area contributed by atoms with E-state index in [1.165, 1.54) is 7.11 Å². The minimum absolute atomic E-state index is 0.243. The normalized spacial score (nSPS) is 19.5. The SMILES string of the molecule is CO/C(N)=C1\CCOC1=NC(=O)c1ccccc1. The third-order valence-electron chi connectivity index (χ3n) is 2.59. The molecule has 0 aliphatic carbocycles. The maximum atomic E-state index is 11.9. The number of benzene rings is 1. The van der Waals surface area contributed by atoms with Crippen LogP contribution in [0.4, 0.5) is 0 Å². The van der Waals surface area contributed by atoms with Gasteiger partial charge in [-0.05, 0) is 12.1 Å². The van der Waals surface area contributed by atoms with Crippen LogP contribution in [0.2, 0.25) is 0 Å². The van der Waals surface area contributed by atoms with E-state index in [0.717, 1.165) is 0 Å². The van der Waals surface area contributed by atoms with Crippen molar-refractivity contribution in [1.29, 1.82) is 0 Å². The third kappa shape index (κ3) is 2.51. The number of nitrogens with zero attached hydrogens (tertiary/aromatic N) is 1. The molecule has 1 aromatic carbocycles. The fourth-order valence-electron chi connectivity index (χ4n) is 1.63. The van der Waals surface area contributed by atoms with Crippen molar-refractivity contribution in [3.63, 3.8) is 0 Å². The summed E-state index contributed by atoms with van der Waals surface area (Å²) in [5.74, 6) is 0.143. The number of methoxy groups -OCH3 is 1. The molecule has 0 spiro atoms. The summed E-state index contributed by atoms with van der Waals surface area (Å²) in [7, 11) is 1.47. The fraction of sp³-hybridized carbons (Fsp3) is 0.231. The monoisotopic (exact) mass is 246 g/mol. The van der Waals surface area contributed by atoms with Crippen molar-refractivity contribution in [2.24, 2.45) is 10.7 Å². The molecule has 0 radical (unpaired) electrons. The highest BCUT2D eigenvalue weighted by atomic mass is 16.5. The largest absolute Gasteiger partial charge is 0.482 e. The maximum Gasteiger partial charge on any atom is 0.280 e. The van der Waals surface area contributed by atoms with Crippen molar-refractivity contribution in [2.45, 2.75) is 6.42 Å². The highest BCUT2D eigenvalue weighted by molar-refractivity contribution is 6.07. The summed E-state index contributed by atoms with van der Waals surface area (Å²) in [6.45, 7) is 0.459. The van der Waals surface area contributed by atoms with Crippen molar-refractivity contribution >= 4 is 11.8 Å². The van der Waals surface area contributed by atoms with E-state index < -0.39 is 0 Å². The molecular weight excluding hydrogens is 232 g/mol. The van der Waals surface area contributed by atoms with Crippen LogP contribution in [0.25, 0.3) is 0 Å². The number of carbonyl (C=O) groups is 1. The molecule has 1 amide bonds. The molecule has 5 nitrogen and oxygen atoms in total. The lowest BCUT2D eigenvalue weighted by Crippen LogP contribution is -2.11. The predicted octanol–water partition coefficient (Wildman–Crippen LogP) is 1.46. The smallest absolute Gasteiger partial charge is 0.280 e. The van der Waals surface area contributed by atoms with Gasteiger partial charge in [0.25, 0.3) is 5.91 Å². The Labute approximate surface area is 105 Å². The van der Waals surface area contributed by atoms with Crippen molar-refractivity contribution in [3.05, 3.63) is 47.4 Å². The van der Waals surface area contributed by atoms with Gasteiger partial charge in [0.2, 0.25) is 5.90 Å². The molecule has 1 aromatic rings. The first-order valence-corrected chi connectivity index (χ1v) is 5.56. The molecule has 1 fully saturated rings. The summed E-state index contributed by atoms with van der Waals surface area (Å²) in [4.78, 5) is 15.8. The molecule has 1 aliphatic rings. The number of hydrogen-bond donors (Lipinski definition) is 1. The molecule has 18 heavy (non-hydrogen) atoms. The molecule has 0 atom stereocenters. The number of ether oxygens (including phenoxy) is 2. The van der Waals surface area contributed by atoms with Gasteiger partial charge in [-0.2, -0.15) is 4.99 Å². The number of aliphatic imine (C=N–C) groups is 1. The lowest BCUT2D eigenvalue weighted by Gasteiger charge is -2.03. The zero-order valence-electron chi connectivity index (χ0n) is 10.1. The number of hydrogen-bond acceptors (Lipinski definition) is 4. The third-order valence-corrected chi connectivity index (χ3v) is 2.59. The van der Waals surface area contributed by atoms with E-state index in [-0.39, 0.29) is 17.7 Å². The van der Waals surface area contributed by atoms with Gasteiger partial charge >= 0.3 is 0 Å². The Bertz CT molecular complexity index is 506. The molecule has 1 saturated heterocycles. The minimum atomic E-state index is -0.353. The predicted molar refractivity (Wildman–Crippen MR) is 67.0 cm³/mol. The second-order valence-electron chi connectivity index (χ2n) is 3.73. The van der Waals surface area contributed by atoms with E-state index in [9.17, 15) is 4.79 Å². The molecule has 0 unspecified atom stereocenters. The van der Waals surface area contributed by atoms with Crippen LogP contribution < -0.4 is 5.73 Å². The molecule has 1 heterocycles. The Hall–Kier alpha value is -2.30. The van der Waals surface area contributed by atoms with Gasteiger partial charge in [-0.1, -0.05) is 18.2 Å². The van der Waals surface area contributed by atoms with Gasteiger partial charge in [0, 0.05) is 12.0 Å². The Morgan fingerprint density at radius 1 is 1.39 bits per heavy atom. The average Bonchev–Trinajstić information content (AvgIpc) is 2.87. The van der Waals surface area contributed by atoms with Crippen LogP contribution in [0.15, 0.2) is 46.8 Å². The van der Waals surface area contributed by atoms with Gasteiger partial charge in [-0.15, -0.1) is 0 Å². The van der Waals surface area contributed by atoms with Gasteiger partial charge in [0.15, 0.2) is 5.88 Å². The van der Waals surface area contributed by atoms with Crippen molar-refractivity contribution < 1.29 is 14.3 Å². The zero-order chi connectivity index (χ0) is 13.0. The lowest BCUT2D eigenvalue weighted by molar-refractivity contribution is 0.1000.